The molecule has 138 valence electrons. The first kappa shape index (κ1) is 17.4. The number of anilines is 3. The van der Waals surface area contributed by atoms with Crippen molar-refractivity contribution in [2.75, 3.05) is 23.3 Å². The molecule has 0 aromatic carbocycles. The van der Waals surface area contributed by atoms with Gasteiger partial charge in [-0.15, -0.1) is 0 Å². The summed E-state index contributed by atoms with van der Waals surface area (Å²) in [4.78, 5) is 20.4. The summed E-state index contributed by atoms with van der Waals surface area (Å²) in [5.41, 5.74) is 4.16. The second-order valence-electron chi connectivity index (χ2n) is 7.02. The Labute approximate surface area is 159 Å². The molecule has 0 aliphatic carbocycles. The van der Waals surface area contributed by atoms with E-state index in [1.807, 2.05) is 44.3 Å². The van der Waals surface area contributed by atoms with Gasteiger partial charge in [0, 0.05) is 42.3 Å². The Bertz CT molecular complexity index is 866. The first-order valence-corrected chi connectivity index (χ1v) is 9.38. The Balaban J connectivity index is 1.38. The van der Waals surface area contributed by atoms with Crippen molar-refractivity contribution < 1.29 is 0 Å². The van der Waals surface area contributed by atoms with Crippen LogP contribution in [0.25, 0.3) is 0 Å². The third kappa shape index (κ3) is 4.22. The number of aromatic nitrogens is 4. The van der Waals surface area contributed by atoms with Crippen LogP contribution < -0.4 is 10.2 Å². The summed E-state index contributed by atoms with van der Waals surface area (Å²) in [5.74, 6) is 2.17. The highest BCUT2D eigenvalue weighted by Crippen LogP contribution is 2.29. The van der Waals surface area contributed by atoms with Crippen molar-refractivity contribution in [1.29, 1.82) is 0 Å². The van der Waals surface area contributed by atoms with Crippen LogP contribution in [-0.2, 0) is 0 Å². The number of rotatable bonds is 4. The molecule has 6 heteroatoms. The summed E-state index contributed by atoms with van der Waals surface area (Å²) in [5, 5.41) is 3.27. The van der Waals surface area contributed by atoms with E-state index in [9.17, 15) is 0 Å². The van der Waals surface area contributed by atoms with E-state index in [4.69, 9.17) is 0 Å². The van der Waals surface area contributed by atoms with Gasteiger partial charge in [0.05, 0.1) is 11.9 Å². The number of piperidine rings is 1. The van der Waals surface area contributed by atoms with Crippen molar-refractivity contribution in [2.24, 2.45) is 0 Å². The summed E-state index contributed by atoms with van der Waals surface area (Å²) in [7, 11) is 0. The molecular formula is C21H24N6. The minimum Gasteiger partial charge on any atom is -0.341 e. The molecule has 0 bridgehead atoms. The van der Waals surface area contributed by atoms with E-state index in [2.05, 4.69) is 42.3 Å². The summed E-state index contributed by atoms with van der Waals surface area (Å²) in [6, 6.07) is 12.0. The molecule has 3 aromatic rings. The minimum absolute atomic E-state index is 0.482. The predicted octanol–water partition coefficient (Wildman–Crippen LogP) is 4.01. The van der Waals surface area contributed by atoms with E-state index < -0.39 is 0 Å². The van der Waals surface area contributed by atoms with Gasteiger partial charge in [0.15, 0.2) is 0 Å². The highest BCUT2D eigenvalue weighted by molar-refractivity contribution is 5.54. The Kier molecular flexibility index (Phi) is 4.96. The quantitative estimate of drug-likeness (QED) is 0.758. The van der Waals surface area contributed by atoms with Crippen LogP contribution in [0.4, 0.5) is 17.5 Å². The van der Waals surface area contributed by atoms with Gasteiger partial charge in [0.25, 0.3) is 0 Å². The summed E-state index contributed by atoms with van der Waals surface area (Å²) >= 11 is 0. The largest absolute Gasteiger partial charge is 0.341 e. The Morgan fingerprint density at radius 3 is 2.37 bits per heavy atom. The van der Waals surface area contributed by atoms with Crippen LogP contribution in [0.2, 0.25) is 0 Å². The molecule has 0 unspecified atom stereocenters. The molecular weight excluding hydrogens is 336 g/mol. The fraction of sp³-hybridized carbons (Fsp3) is 0.333. The van der Waals surface area contributed by atoms with Gasteiger partial charge in [0.1, 0.15) is 5.82 Å². The van der Waals surface area contributed by atoms with E-state index in [1.54, 1.807) is 6.20 Å². The second-order valence-corrected chi connectivity index (χ2v) is 7.02. The Morgan fingerprint density at radius 1 is 0.963 bits per heavy atom. The molecule has 0 atom stereocenters. The van der Waals surface area contributed by atoms with Crippen LogP contribution in [0, 0.1) is 13.8 Å². The zero-order valence-electron chi connectivity index (χ0n) is 15.8. The maximum absolute atomic E-state index is 4.68. The maximum atomic E-state index is 4.68. The molecule has 1 aliphatic heterocycles. The van der Waals surface area contributed by atoms with Crippen molar-refractivity contribution in [3.8, 4) is 0 Å². The van der Waals surface area contributed by atoms with Gasteiger partial charge in [-0.1, -0.05) is 6.07 Å². The SMILES string of the molecule is Cc1cc(C)nc(N2CCC(c3ccc(Nc4ccccn4)cn3)CC2)n1. The van der Waals surface area contributed by atoms with E-state index >= 15 is 0 Å². The monoisotopic (exact) mass is 360 g/mol. The van der Waals surface area contributed by atoms with Crippen molar-refractivity contribution in [3.05, 3.63) is 65.9 Å². The van der Waals surface area contributed by atoms with Gasteiger partial charge < -0.3 is 10.2 Å². The molecule has 27 heavy (non-hydrogen) atoms. The molecule has 0 spiro atoms. The van der Waals surface area contributed by atoms with Crippen LogP contribution in [0.3, 0.4) is 0 Å². The zero-order valence-corrected chi connectivity index (χ0v) is 15.8. The number of aryl methyl sites for hydroxylation is 2. The lowest BCUT2D eigenvalue weighted by molar-refractivity contribution is 0.490. The smallest absolute Gasteiger partial charge is 0.225 e. The van der Waals surface area contributed by atoms with Crippen LogP contribution in [-0.4, -0.2) is 33.0 Å². The van der Waals surface area contributed by atoms with Crippen molar-refractivity contribution in [1.82, 2.24) is 19.9 Å². The third-order valence-corrected chi connectivity index (χ3v) is 4.89. The highest BCUT2D eigenvalue weighted by Gasteiger charge is 2.23. The second kappa shape index (κ2) is 7.70. The average molecular weight is 360 g/mol. The molecule has 1 N–H and O–H groups in total. The van der Waals surface area contributed by atoms with Crippen LogP contribution in [0.1, 0.15) is 35.8 Å². The summed E-state index contributed by atoms with van der Waals surface area (Å²) in [6.07, 6.45) is 5.80. The van der Waals surface area contributed by atoms with Crippen LogP contribution >= 0.6 is 0 Å². The normalized spacial score (nSPS) is 15.0. The molecule has 3 aromatic heterocycles. The standard InChI is InChI=1S/C21H24N6/c1-15-13-16(2)25-21(24-15)27-11-8-17(9-12-27)19-7-6-18(14-23-19)26-20-5-3-4-10-22-20/h3-7,10,13-14,17H,8-9,11-12H2,1-2H3,(H,22,26). The van der Waals surface area contributed by atoms with Gasteiger partial charge in [-0.3, -0.25) is 4.98 Å². The first-order chi connectivity index (χ1) is 13.2. The lowest BCUT2D eigenvalue weighted by Gasteiger charge is -2.32. The minimum atomic E-state index is 0.482. The van der Waals surface area contributed by atoms with Gasteiger partial charge in [-0.25, -0.2) is 15.0 Å². The highest BCUT2D eigenvalue weighted by atomic mass is 15.3. The van der Waals surface area contributed by atoms with Crippen molar-refractivity contribution in [2.45, 2.75) is 32.6 Å². The molecule has 1 fully saturated rings. The molecule has 6 nitrogen and oxygen atoms in total. The van der Waals surface area contributed by atoms with Gasteiger partial charge in [-0.2, -0.15) is 0 Å². The van der Waals surface area contributed by atoms with Gasteiger partial charge >= 0.3 is 0 Å². The lowest BCUT2D eigenvalue weighted by Crippen LogP contribution is -2.34. The molecule has 4 rings (SSSR count). The Morgan fingerprint density at radius 2 is 1.74 bits per heavy atom. The number of hydrogen-bond donors (Lipinski definition) is 1. The van der Waals surface area contributed by atoms with Crippen LogP contribution in [0.5, 0.6) is 0 Å². The topological polar surface area (TPSA) is 66.8 Å². The fourth-order valence-corrected chi connectivity index (χ4v) is 3.53. The van der Waals surface area contributed by atoms with Gasteiger partial charge in [0.2, 0.25) is 5.95 Å². The molecule has 0 amide bonds. The molecule has 0 saturated carbocycles. The van der Waals surface area contributed by atoms with E-state index in [1.165, 1.54) is 0 Å². The first-order valence-electron chi connectivity index (χ1n) is 9.38. The maximum Gasteiger partial charge on any atom is 0.225 e. The van der Waals surface area contributed by atoms with Gasteiger partial charge in [-0.05, 0) is 57.0 Å². The van der Waals surface area contributed by atoms with E-state index in [0.29, 0.717) is 5.92 Å². The molecule has 1 aliphatic rings. The Hall–Kier alpha value is -3.02. The zero-order chi connectivity index (χ0) is 18.6. The number of pyridine rings is 2. The average Bonchev–Trinajstić information content (AvgIpc) is 2.69. The summed E-state index contributed by atoms with van der Waals surface area (Å²) in [6.45, 7) is 5.97. The van der Waals surface area contributed by atoms with E-state index in [0.717, 1.165) is 60.5 Å². The van der Waals surface area contributed by atoms with Crippen molar-refractivity contribution in [3.63, 3.8) is 0 Å². The number of hydrogen-bond acceptors (Lipinski definition) is 6. The van der Waals surface area contributed by atoms with Crippen molar-refractivity contribution >= 4 is 17.5 Å². The molecule has 0 radical (unpaired) electrons. The van der Waals surface area contributed by atoms with E-state index in [-0.39, 0.29) is 0 Å². The molecule has 4 heterocycles. The number of nitrogens with one attached hydrogen (secondary N) is 1. The lowest BCUT2D eigenvalue weighted by atomic mass is 9.93. The summed E-state index contributed by atoms with van der Waals surface area (Å²) < 4.78 is 0. The molecule has 1 saturated heterocycles. The third-order valence-electron chi connectivity index (χ3n) is 4.89. The number of nitrogens with zero attached hydrogens (tertiary/aromatic N) is 5. The predicted molar refractivity (Wildman–Crippen MR) is 107 cm³/mol. The van der Waals surface area contributed by atoms with Crippen LogP contribution in [0.15, 0.2) is 48.8 Å². The fourth-order valence-electron chi connectivity index (χ4n) is 3.53.